The number of carbonyl (C=O) groups is 1. The number of carbonyl (C=O) groups excluding carboxylic acids is 1. The molecular formula is C22H23F5N2OS. The predicted octanol–water partition coefficient (Wildman–Crippen LogP) is 5.05. The molecule has 31 heavy (non-hydrogen) atoms. The van der Waals surface area contributed by atoms with E-state index >= 15 is 4.39 Å². The minimum absolute atomic E-state index is 0.0401. The first-order chi connectivity index (χ1) is 14.6. The van der Waals surface area contributed by atoms with Gasteiger partial charge in [-0.1, -0.05) is 44.0 Å². The fraction of sp³-hybridized carbons (Fsp3) is 0.409. The molecule has 0 bridgehead atoms. The highest BCUT2D eigenvalue weighted by atomic mass is 32.2. The van der Waals surface area contributed by atoms with E-state index in [9.17, 15) is 22.4 Å². The van der Waals surface area contributed by atoms with Crippen LogP contribution in [0.3, 0.4) is 0 Å². The molecule has 2 aromatic rings. The molecule has 3 nitrogen and oxygen atoms in total. The Morgan fingerprint density at radius 3 is 2.55 bits per heavy atom. The van der Waals surface area contributed by atoms with Gasteiger partial charge in [0.15, 0.2) is 0 Å². The average molecular weight is 458 g/mol. The first-order valence-electron chi connectivity index (χ1n) is 9.76. The number of halogens is 5. The van der Waals surface area contributed by atoms with Gasteiger partial charge in [-0.2, -0.15) is 0 Å². The van der Waals surface area contributed by atoms with E-state index in [1.165, 1.54) is 18.2 Å². The van der Waals surface area contributed by atoms with Crippen LogP contribution in [0.4, 0.5) is 22.0 Å². The summed E-state index contributed by atoms with van der Waals surface area (Å²) < 4.78 is 75.2. The maximum atomic E-state index is 15.3. The molecule has 0 aromatic heterocycles. The molecule has 1 aliphatic heterocycles. The van der Waals surface area contributed by atoms with Crippen LogP contribution in [0.15, 0.2) is 36.4 Å². The SMILES string of the molecule is CSN[C@@H]1[C@H](Cc2cccc(-c3cc(F)ccc3F)c2F)N(C(=O)C(C)C)CC1(F)F. The monoisotopic (exact) mass is 458 g/mol. The van der Waals surface area contributed by atoms with Crippen LogP contribution >= 0.6 is 11.9 Å². The van der Waals surface area contributed by atoms with Gasteiger partial charge in [-0.3, -0.25) is 9.52 Å². The molecule has 1 N–H and O–H groups in total. The third kappa shape index (κ3) is 4.72. The van der Waals surface area contributed by atoms with Crippen LogP contribution in [0.2, 0.25) is 0 Å². The number of alkyl halides is 2. The fourth-order valence-electron chi connectivity index (χ4n) is 3.87. The summed E-state index contributed by atoms with van der Waals surface area (Å²) >= 11 is 0.992. The molecule has 2 aromatic carbocycles. The Morgan fingerprint density at radius 2 is 1.90 bits per heavy atom. The van der Waals surface area contributed by atoms with Gasteiger partial charge in [0.25, 0.3) is 5.92 Å². The largest absolute Gasteiger partial charge is 0.331 e. The van der Waals surface area contributed by atoms with Gasteiger partial charge in [0, 0.05) is 17.0 Å². The van der Waals surface area contributed by atoms with Crippen molar-refractivity contribution >= 4 is 17.9 Å². The Hall–Kier alpha value is -2.13. The topological polar surface area (TPSA) is 32.3 Å². The Balaban J connectivity index is 2.02. The zero-order valence-electron chi connectivity index (χ0n) is 17.3. The number of benzene rings is 2. The standard InChI is InChI=1S/C22H23F5N2OS/c1-12(2)21(30)29-11-22(26,27)20(28-31-3)18(29)9-13-5-4-6-15(19(13)25)16-10-14(23)7-8-17(16)24/h4-8,10,12,18,20,28H,9,11H2,1-3H3/t18-,20+/m0/s1. The summed E-state index contributed by atoms with van der Waals surface area (Å²) in [5.41, 5.74) is -0.390. The second kappa shape index (κ2) is 9.16. The number of likely N-dealkylation sites (tertiary alicyclic amines) is 1. The van der Waals surface area contributed by atoms with E-state index in [0.29, 0.717) is 0 Å². The minimum atomic E-state index is -3.21. The molecule has 0 saturated carbocycles. The van der Waals surface area contributed by atoms with Crippen LogP contribution in [0.5, 0.6) is 0 Å². The number of nitrogens with one attached hydrogen (secondary N) is 1. The number of hydrogen-bond acceptors (Lipinski definition) is 3. The number of rotatable bonds is 6. The Morgan fingerprint density at radius 1 is 1.19 bits per heavy atom. The van der Waals surface area contributed by atoms with Crippen molar-refractivity contribution < 1.29 is 26.7 Å². The van der Waals surface area contributed by atoms with E-state index in [1.54, 1.807) is 20.1 Å². The Labute approximate surface area is 182 Å². The van der Waals surface area contributed by atoms with E-state index < -0.39 is 53.8 Å². The maximum absolute atomic E-state index is 15.3. The highest BCUT2D eigenvalue weighted by Gasteiger charge is 2.56. The first-order valence-corrected chi connectivity index (χ1v) is 11.0. The van der Waals surface area contributed by atoms with Gasteiger partial charge in [0.05, 0.1) is 12.6 Å². The maximum Gasteiger partial charge on any atom is 0.283 e. The van der Waals surface area contributed by atoms with Gasteiger partial charge in [-0.25, -0.2) is 22.0 Å². The van der Waals surface area contributed by atoms with Crippen molar-refractivity contribution in [2.75, 3.05) is 12.8 Å². The first kappa shape index (κ1) is 23.5. The molecule has 0 radical (unpaired) electrons. The molecule has 1 aliphatic rings. The lowest BCUT2D eigenvalue weighted by atomic mass is 9.95. The van der Waals surface area contributed by atoms with Gasteiger partial charge >= 0.3 is 0 Å². The summed E-state index contributed by atoms with van der Waals surface area (Å²) in [5.74, 6) is -6.53. The van der Waals surface area contributed by atoms with Crippen molar-refractivity contribution in [1.29, 1.82) is 0 Å². The van der Waals surface area contributed by atoms with E-state index in [-0.39, 0.29) is 23.1 Å². The summed E-state index contributed by atoms with van der Waals surface area (Å²) in [6.07, 6.45) is 1.39. The van der Waals surface area contributed by atoms with Gasteiger partial charge in [0.1, 0.15) is 23.5 Å². The van der Waals surface area contributed by atoms with Crippen molar-refractivity contribution in [3.63, 3.8) is 0 Å². The van der Waals surface area contributed by atoms with Crippen LogP contribution < -0.4 is 4.72 Å². The molecule has 2 atom stereocenters. The summed E-state index contributed by atoms with van der Waals surface area (Å²) in [4.78, 5) is 13.7. The molecule has 1 fully saturated rings. The van der Waals surface area contributed by atoms with Crippen LogP contribution in [0.1, 0.15) is 19.4 Å². The van der Waals surface area contributed by atoms with Gasteiger partial charge in [0.2, 0.25) is 5.91 Å². The van der Waals surface area contributed by atoms with Gasteiger partial charge < -0.3 is 4.90 Å². The van der Waals surface area contributed by atoms with Crippen molar-refractivity contribution in [1.82, 2.24) is 9.62 Å². The number of hydrogen-bond donors (Lipinski definition) is 1. The molecule has 1 heterocycles. The molecule has 1 saturated heterocycles. The van der Waals surface area contributed by atoms with Crippen LogP contribution in [-0.4, -0.2) is 41.6 Å². The molecule has 9 heteroatoms. The molecule has 0 aliphatic carbocycles. The highest BCUT2D eigenvalue weighted by molar-refractivity contribution is 7.96. The van der Waals surface area contributed by atoms with E-state index in [2.05, 4.69) is 4.72 Å². The van der Waals surface area contributed by atoms with Crippen LogP contribution in [-0.2, 0) is 11.2 Å². The van der Waals surface area contributed by atoms with Crippen molar-refractivity contribution in [3.05, 3.63) is 59.4 Å². The number of amides is 1. The summed E-state index contributed by atoms with van der Waals surface area (Å²) in [6.45, 7) is 2.45. The second-order valence-electron chi connectivity index (χ2n) is 7.86. The second-order valence-corrected chi connectivity index (χ2v) is 8.50. The lowest BCUT2D eigenvalue weighted by Crippen LogP contribution is -2.48. The van der Waals surface area contributed by atoms with E-state index in [1.807, 2.05) is 0 Å². The fourth-order valence-corrected chi connectivity index (χ4v) is 4.46. The average Bonchev–Trinajstić information content (AvgIpc) is 2.95. The lowest BCUT2D eigenvalue weighted by Gasteiger charge is -2.29. The summed E-state index contributed by atoms with van der Waals surface area (Å²) in [5, 5.41) is 0. The van der Waals surface area contributed by atoms with E-state index in [4.69, 9.17) is 0 Å². The molecular weight excluding hydrogens is 435 g/mol. The highest BCUT2D eigenvalue weighted by Crippen LogP contribution is 2.37. The molecule has 168 valence electrons. The summed E-state index contributed by atoms with van der Waals surface area (Å²) in [6, 6.07) is 4.46. The zero-order valence-corrected chi connectivity index (χ0v) is 18.1. The smallest absolute Gasteiger partial charge is 0.283 e. The third-order valence-electron chi connectivity index (χ3n) is 5.37. The minimum Gasteiger partial charge on any atom is -0.331 e. The van der Waals surface area contributed by atoms with Crippen molar-refractivity contribution in [3.8, 4) is 11.1 Å². The number of nitrogens with zero attached hydrogens (tertiary/aromatic N) is 1. The Kier molecular flexibility index (Phi) is 6.95. The third-order valence-corrected chi connectivity index (χ3v) is 5.86. The summed E-state index contributed by atoms with van der Waals surface area (Å²) in [7, 11) is 0. The Bertz CT molecular complexity index is 969. The van der Waals surface area contributed by atoms with Crippen molar-refractivity contribution in [2.24, 2.45) is 5.92 Å². The predicted molar refractivity (Wildman–Crippen MR) is 111 cm³/mol. The van der Waals surface area contributed by atoms with Crippen LogP contribution in [0, 0.1) is 23.4 Å². The molecule has 3 rings (SSSR count). The molecule has 0 spiro atoms. The zero-order chi connectivity index (χ0) is 22.9. The quantitative estimate of drug-likeness (QED) is 0.486. The molecule has 0 unspecified atom stereocenters. The lowest BCUT2D eigenvalue weighted by molar-refractivity contribution is -0.136. The van der Waals surface area contributed by atoms with E-state index in [0.717, 1.165) is 35.0 Å². The van der Waals surface area contributed by atoms with Gasteiger partial charge in [-0.05, 0) is 36.4 Å². The van der Waals surface area contributed by atoms with Gasteiger partial charge in [-0.15, -0.1) is 0 Å². The van der Waals surface area contributed by atoms with Crippen molar-refractivity contribution in [2.45, 2.75) is 38.3 Å². The molecule has 1 amide bonds. The normalized spacial score (nSPS) is 20.5. The van der Waals surface area contributed by atoms with Crippen LogP contribution in [0.25, 0.3) is 11.1 Å².